The number of nitrogens with one attached hydrogen (secondary N) is 1. The van der Waals surface area contributed by atoms with Gasteiger partial charge in [0.15, 0.2) is 0 Å². The van der Waals surface area contributed by atoms with E-state index in [2.05, 4.69) is 37.9 Å². The Morgan fingerprint density at radius 3 is 1.63 bits per heavy atom. The Morgan fingerprint density at radius 2 is 1.26 bits per heavy atom. The molecule has 0 rings (SSSR count). The van der Waals surface area contributed by atoms with Crippen molar-refractivity contribution in [2.45, 2.75) is 104 Å². The first-order valence-electron chi connectivity index (χ1n) is 10.5. The molecule has 1 amide bonds. The van der Waals surface area contributed by atoms with Gasteiger partial charge in [-0.05, 0) is 25.9 Å². The molecule has 0 saturated heterocycles. The summed E-state index contributed by atoms with van der Waals surface area (Å²) in [6.45, 7) is 10.7. The van der Waals surface area contributed by atoms with Crippen LogP contribution in [-0.4, -0.2) is 44.7 Å². The molecule has 0 aliphatic rings. The van der Waals surface area contributed by atoms with Gasteiger partial charge in [-0.15, -0.1) is 0 Å². The number of carbonyl (C=O) groups excluding carboxylic acids is 1. The van der Waals surface area contributed by atoms with Crippen LogP contribution in [0, 0.1) is 0 Å². The van der Waals surface area contributed by atoms with Crippen molar-refractivity contribution in [3.63, 3.8) is 0 Å². The third-order valence-electron chi connectivity index (χ3n) is 4.47. The number of phosphoric acid groups is 1. The summed E-state index contributed by atoms with van der Waals surface area (Å²) in [5.74, 6) is 0.224. The minimum atomic E-state index is -4.64. The molecule has 4 N–H and O–H groups in total. The molecule has 0 aliphatic heterocycles. The Labute approximate surface area is 166 Å². The third kappa shape index (κ3) is 23.5. The first kappa shape index (κ1) is 28.7. The van der Waals surface area contributed by atoms with E-state index in [1.807, 2.05) is 0 Å². The fourth-order valence-electron chi connectivity index (χ4n) is 2.97. The summed E-state index contributed by atoms with van der Waals surface area (Å²) in [5, 5.41) is 3.18. The Balaban J connectivity index is 0. The largest absolute Gasteiger partial charge is 0.466 e. The van der Waals surface area contributed by atoms with Gasteiger partial charge in [-0.1, -0.05) is 79.1 Å². The lowest BCUT2D eigenvalue weighted by Crippen LogP contribution is -2.47. The van der Waals surface area contributed by atoms with Gasteiger partial charge in [0.2, 0.25) is 5.91 Å². The Bertz CT molecular complexity index is 378. The second kappa shape index (κ2) is 18.9. The zero-order chi connectivity index (χ0) is 21.1. The van der Waals surface area contributed by atoms with E-state index in [0.717, 1.165) is 25.9 Å². The van der Waals surface area contributed by atoms with E-state index in [0.29, 0.717) is 6.42 Å². The molecule has 0 radical (unpaired) electrons. The minimum Gasteiger partial charge on any atom is -0.341 e. The highest BCUT2D eigenvalue weighted by Crippen LogP contribution is 2.25. The molecule has 0 fully saturated rings. The number of hydrogen-bond acceptors (Lipinski definition) is 3. The molecule has 8 heteroatoms. The molecule has 0 bridgehead atoms. The molecule has 7 nitrogen and oxygen atoms in total. The van der Waals surface area contributed by atoms with Crippen LogP contribution in [0.2, 0.25) is 0 Å². The zero-order valence-corrected chi connectivity index (χ0v) is 18.7. The molecule has 0 aromatic carbocycles. The molecule has 0 heterocycles. The van der Waals surface area contributed by atoms with Crippen LogP contribution < -0.4 is 5.32 Å². The van der Waals surface area contributed by atoms with Gasteiger partial charge in [0, 0.05) is 6.42 Å². The lowest BCUT2D eigenvalue weighted by atomic mass is 10.1. The number of rotatable bonds is 15. The summed E-state index contributed by atoms with van der Waals surface area (Å²) in [4.78, 5) is 35.9. The van der Waals surface area contributed by atoms with Gasteiger partial charge >= 0.3 is 7.82 Å². The normalized spacial score (nSPS) is 12.4. The van der Waals surface area contributed by atoms with E-state index in [9.17, 15) is 4.79 Å². The van der Waals surface area contributed by atoms with Crippen molar-refractivity contribution < 1.29 is 24.0 Å². The van der Waals surface area contributed by atoms with E-state index in [-0.39, 0.29) is 12.1 Å². The van der Waals surface area contributed by atoms with Crippen molar-refractivity contribution in [3.05, 3.63) is 0 Å². The maximum Gasteiger partial charge on any atom is 0.466 e. The summed E-state index contributed by atoms with van der Waals surface area (Å²) < 4.78 is 8.88. The second-order valence-corrected chi connectivity index (χ2v) is 7.83. The van der Waals surface area contributed by atoms with Gasteiger partial charge < -0.3 is 20.0 Å². The topological polar surface area (TPSA) is 110 Å². The lowest BCUT2D eigenvalue weighted by Gasteiger charge is -2.29. The first-order chi connectivity index (χ1) is 12.7. The van der Waals surface area contributed by atoms with Gasteiger partial charge in [-0.2, -0.15) is 0 Å². The van der Waals surface area contributed by atoms with E-state index < -0.39 is 7.82 Å². The molecule has 1 unspecified atom stereocenters. The molecule has 0 spiro atoms. The van der Waals surface area contributed by atoms with Crippen molar-refractivity contribution in [2.75, 3.05) is 13.1 Å². The summed E-state index contributed by atoms with van der Waals surface area (Å²) in [6.07, 6.45) is 13.6. The predicted molar refractivity (Wildman–Crippen MR) is 111 cm³/mol. The third-order valence-corrected chi connectivity index (χ3v) is 4.47. The molecule has 0 aliphatic carbocycles. The van der Waals surface area contributed by atoms with Crippen LogP contribution in [0.3, 0.4) is 0 Å². The zero-order valence-electron chi connectivity index (χ0n) is 17.8. The van der Waals surface area contributed by atoms with Gasteiger partial charge in [0.25, 0.3) is 0 Å². The fourth-order valence-corrected chi connectivity index (χ4v) is 2.97. The number of nitrogens with zero attached hydrogens (tertiary/aromatic N) is 1. The van der Waals surface area contributed by atoms with Crippen LogP contribution in [0.5, 0.6) is 0 Å². The highest BCUT2D eigenvalue weighted by Gasteiger charge is 2.15. The van der Waals surface area contributed by atoms with Crippen LogP contribution in [-0.2, 0) is 9.36 Å². The Hall–Kier alpha value is -0.460. The SMILES string of the molecule is CCCCCCCCCCCC(=O)NC(CC)N(CC)CC.O=P(O)(O)O. The Morgan fingerprint density at radius 1 is 0.852 bits per heavy atom. The van der Waals surface area contributed by atoms with Gasteiger partial charge in [-0.3, -0.25) is 9.69 Å². The van der Waals surface area contributed by atoms with Crippen LogP contribution in [0.4, 0.5) is 0 Å². The molecular weight excluding hydrogens is 367 g/mol. The molecular formula is C19H43N2O5P. The maximum absolute atomic E-state index is 12.0. The molecule has 0 aromatic heterocycles. The van der Waals surface area contributed by atoms with Gasteiger partial charge in [0.1, 0.15) is 0 Å². The summed E-state index contributed by atoms with van der Waals surface area (Å²) in [6, 6.07) is 0. The quantitative estimate of drug-likeness (QED) is 0.183. The molecule has 0 saturated carbocycles. The summed E-state index contributed by atoms with van der Waals surface area (Å²) in [5.41, 5.74) is 0. The van der Waals surface area contributed by atoms with E-state index in [1.165, 1.54) is 51.4 Å². The molecule has 164 valence electrons. The first-order valence-corrected chi connectivity index (χ1v) is 12.1. The van der Waals surface area contributed by atoms with E-state index >= 15 is 0 Å². The molecule has 27 heavy (non-hydrogen) atoms. The molecule has 1 atom stereocenters. The van der Waals surface area contributed by atoms with Crippen LogP contribution >= 0.6 is 7.82 Å². The van der Waals surface area contributed by atoms with Crippen molar-refractivity contribution >= 4 is 13.7 Å². The fraction of sp³-hybridized carbons (Fsp3) is 0.947. The summed E-state index contributed by atoms with van der Waals surface area (Å²) >= 11 is 0. The standard InChI is InChI=1S/C19H40N2O.H3O4P/c1-5-9-10-11-12-13-14-15-16-17-19(22)20-18(6-2)21(7-3)8-4;1-5(2,3)4/h18H,5-17H2,1-4H3,(H,20,22);(H3,1,2,3,4). The van der Waals surface area contributed by atoms with Crippen molar-refractivity contribution in [3.8, 4) is 0 Å². The number of amides is 1. The van der Waals surface area contributed by atoms with E-state index in [1.54, 1.807) is 0 Å². The second-order valence-electron chi connectivity index (χ2n) is 6.80. The predicted octanol–water partition coefficient (Wildman–Crippen LogP) is 4.17. The van der Waals surface area contributed by atoms with Crippen molar-refractivity contribution in [1.82, 2.24) is 10.2 Å². The number of carbonyl (C=O) groups is 1. The highest BCUT2D eigenvalue weighted by molar-refractivity contribution is 7.45. The van der Waals surface area contributed by atoms with Crippen LogP contribution in [0.25, 0.3) is 0 Å². The average Bonchev–Trinajstić information content (AvgIpc) is 2.59. The summed E-state index contributed by atoms with van der Waals surface area (Å²) in [7, 11) is -4.64. The molecule has 0 aromatic rings. The van der Waals surface area contributed by atoms with Crippen LogP contribution in [0.1, 0.15) is 98.3 Å². The monoisotopic (exact) mass is 410 g/mol. The van der Waals surface area contributed by atoms with Gasteiger partial charge in [-0.25, -0.2) is 4.57 Å². The average molecular weight is 411 g/mol. The van der Waals surface area contributed by atoms with Crippen LogP contribution in [0.15, 0.2) is 0 Å². The minimum absolute atomic E-state index is 0.209. The van der Waals surface area contributed by atoms with Gasteiger partial charge in [0.05, 0.1) is 6.17 Å². The number of hydrogen-bond donors (Lipinski definition) is 4. The lowest BCUT2D eigenvalue weighted by molar-refractivity contribution is -0.123. The number of unbranched alkanes of at least 4 members (excludes halogenated alkanes) is 8. The highest BCUT2D eigenvalue weighted by atomic mass is 31.2. The van der Waals surface area contributed by atoms with Crippen molar-refractivity contribution in [1.29, 1.82) is 0 Å². The van der Waals surface area contributed by atoms with E-state index in [4.69, 9.17) is 19.2 Å². The smallest absolute Gasteiger partial charge is 0.341 e. The maximum atomic E-state index is 12.0. The van der Waals surface area contributed by atoms with Crippen molar-refractivity contribution in [2.24, 2.45) is 0 Å². The Kier molecular flexibility index (Phi) is 20.1.